The number of nitrogens with zero attached hydrogens (tertiary/aromatic N) is 5. The molecule has 128 valence electrons. The van der Waals surface area contributed by atoms with E-state index in [0.29, 0.717) is 37.8 Å². The number of hydrogen-bond acceptors (Lipinski definition) is 6. The van der Waals surface area contributed by atoms with Crippen LogP contribution in [0.15, 0.2) is 48.1 Å². The van der Waals surface area contributed by atoms with Gasteiger partial charge in [0.25, 0.3) is 5.91 Å². The van der Waals surface area contributed by atoms with Crippen molar-refractivity contribution in [3.8, 4) is 0 Å². The van der Waals surface area contributed by atoms with Gasteiger partial charge in [-0.15, -0.1) is 0 Å². The molecule has 0 aliphatic carbocycles. The third-order valence-corrected chi connectivity index (χ3v) is 4.65. The largest absolute Gasteiger partial charge is 0.377 e. The van der Waals surface area contributed by atoms with Crippen molar-refractivity contribution in [2.75, 3.05) is 19.8 Å². The highest BCUT2D eigenvalue weighted by molar-refractivity contribution is 7.03. The van der Waals surface area contributed by atoms with E-state index in [-0.39, 0.29) is 11.9 Å². The number of carbonyl (C=O) groups is 1. The molecule has 1 fully saturated rings. The molecule has 1 saturated heterocycles. The van der Waals surface area contributed by atoms with E-state index in [4.69, 9.17) is 4.74 Å². The van der Waals surface area contributed by atoms with Gasteiger partial charge in [0.2, 0.25) is 0 Å². The lowest BCUT2D eigenvalue weighted by molar-refractivity contribution is -0.00548. The average Bonchev–Trinajstić information content (AvgIpc) is 3.34. The lowest BCUT2D eigenvalue weighted by Gasteiger charge is -2.33. The third-order valence-electron chi connectivity index (χ3n) is 4.09. The van der Waals surface area contributed by atoms with E-state index < -0.39 is 0 Å². The summed E-state index contributed by atoms with van der Waals surface area (Å²) in [5.74, 6) is 0.494. The van der Waals surface area contributed by atoms with Gasteiger partial charge < -0.3 is 9.64 Å². The van der Waals surface area contributed by atoms with Crippen LogP contribution in [0.4, 0.5) is 0 Å². The molecule has 0 bridgehead atoms. The van der Waals surface area contributed by atoms with Gasteiger partial charge in [-0.05, 0) is 23.2 Å². The van der Waals surface area contributed by atoms with Crippen molar-refractivity contribution < 1.29 is 9.53 Å². The zero-order chi connectivity index (χ0) is 17.1. The first-order valence-electron chi connectivity index (χ1n) is 8.03. The van der Waals surface area contributed by atoms with Crippen LogP contribution in [-0.2, 0) is 11.3 Å². The van der Waals surface area contributed by atoms with E-state index in [1.165, 1.54) is 11.5 Å². The molecule has 0 radical (unpaired) electrons. The molecule has 3 heterocycles. The molecule has 25 heavy (non-hydrogen) atoms. The van der Waals surface area contributed by atoms with Crippen LogP contribution < -0.4 is 0 Å². The van der Waals surface area contributed by atoms with Gasteiger partial charge in [-0.3, -0.25) is 4.79 Å². The lowest BCUT2D eigenvalue weighted by Crippen LogP contribution is -2.44. The van der Waals surface area contributed by atoms with Crippen molar-refractivity contribution in [1.29, 1.82) is 0 Å². The monoisotopic (exact) mass is 355 g/mol. The molecule has 1 atom stereocenters. The summed E-state index contributed by atoms with van der Waals surface area (Å²) < 4.78 is 11.5. The van der Waals surface area contributed by atoms with Crippen molar-refractivity contribution in [2.24, 2.45) is 0 Å². The van der Waals surface area contributed by atoms with Crippen molar-refractivity contribution in [1.82, 2.24) is 24.0 Å². The number of hydrogen-bond donors (Lipinski definition) is 0. The maximum Gasteiger partial charge on any atom is 0.274 e. The second kappa shape index (κ2) is 7.12. The topological polar surface area (TPSA) is 73.1 Å². The normalized spacial score (nSPS) is 17.6. The minimum atomic E-state index is -0.292. The van der Waals surface area contributed by atoms with Crippen LogP contribution in [0.2, 0.25) is 0 Å². The van der Waals surface area contributed by atoms with E-state index in [0.717, 1.165) is 5.56 Å². The molecule has 0 N–H and O–H groups in total. The van der Waals surface area contributed by atoms with Gasteiger partial charge in [0.05, 0.1) is 19.8 Å². The molecule has 3 aromatic rings. The highest BCUT2D eigenvalue weighted by atomic mass is 32.1. The predicted molar refractivity (Wildman–Crippen MR) is 92.3 cm³/mol. The minimum Gasteiger partial charge on any atom is -0.377 e. The Bertz CT molecular complexity index is 834. The molecule has 7 nitrogen and oxygen atoms in total. The fourth-order valence-corrected chi connectivity index (χ4v) is 3.34. The number of amides is 1. The SMILES string of the molecule is O=C(c1ccsn1)N1CCOC[C@@H]1c1ncn(Cc2ccccc2)n1. The Morgan fingerprint density at radius 2 is 2.16 bits per heavy atom. The van der Waals surface area contributed by atoms with Crippen LogP contribution in [0.25, 0.3) is 0 Å². The predicted octanol–water partition coefficient (Wildman–Crippen LogP) is 2.00. The molecule has 0 spiro atoms. The van der Waals surface area contributed by atoms with Gasteiger partial charge in [-0.25, -0.2) is 9.67 Å². The highest BCUT2D eigenvalue weighted by Crippen LogP contribution is 2.23. The number of carbonyl (C=O) groups excluding carboxylic acids is 1. The van der Waals surface area contributed by atoms with Gasteiger partial charge in [-0.2, -0.15) is 9.47 Å². The van der Waals surface area contributed by atoms with Crippen molar-refractivity contribution in [3.05, 3.63) is 65.2 Å². The average molecular weight is 355 g/mol. The standard InChI is InChI=1S/C17H17N5O2S/c23-17(14-6-9-25-20-14)22-7-8-24-11-15(22)16-18-12-21(19-16)10-13-4-2-1-3-5-13/h1-6,9,12,15H,7-8,10-11H2/t15-/m1/s1. The van der Waals surface area contributed by atoms with Crippen molar-refractivity contribution in [3.63, 3.8) is 0 Å². The van der Waals surface area contributed by atoms with Gasteiger partial charge in [0.15, 0.2) is 5.82 Å². The first-order chi connectivity index (χ1) is 12.3. The molecule has 1 aliphatic heterocycles. The molecular weight excluding hydrogens is 338 g/mol. The van der Waals surface area contributed by atoms with Crippen LogP contribution in [0.5, 0.6) is 0 Å². The van der Waals surface area contributed by atoms with Crippen LogP contribution in [0.1, 0.15) is 27.9 Å². The summed E-state index contributed by atoms with van der Waals surface area (Å²) in [6.07, 6.45) is 1.70. The van der Waals surface area contributed by atoms with Gasteiger partial charge >= 0.3 is 0 Å². The summed E-state index contributed by atoms with van der Waals surface area (Å²) in [5.41, 5.74) is 1.61. The van der Waals surface area contributed by atoms with Crippen molar-refractivity contribution in [2.45, 2.75) is 12.6 Å². The van der Waals surface area contributed by atoms with Crippen LogP contribution >= 0.6 is 11.5 Å². The maximum atomic E-state index is 12.7. The summed E-state index contributed by atoms with van der Waals surface area (Å²) in [6, 6.07) is 11.5. The van der Waals surface area contributed by atoms with Gasteiger partial charge in [0.1, 0.15) is 18.1 Å². The molecule has 4 rings (SSSR count). The Labute approximate surface area is 149 Å². The Kier molecular flexibility index (Phi) is 4.53. The third kappa shape index (κ3) is 3.45. The quantitative estimate of drug-likeness (QED) is 0.716. The fourth-order valence-electron chi connectivity index (χ4n) is 2.84. The summed E-state index contributed by atoms with van der Waals surface area (Å²) >= 11 is 1.27. The van der Waals surface area contributed by atoms with Crippen molar-refractivity contribution >= 4 is 17.4 Å². The smallest absolute Gasteiger partial charge is 0.274 e. The number of rotatable bonds is 4. The summed E-state index contributed by atoms with van der Waals surface area (Å²) in [5, 5.41) is 6.36. The lowest BCUT2D eigenvalue weighted by atomic mass is 10.2. The summed E-state index contributed by atoms with van der Waals surface area (Å²) in [4.78, 5) is 18.9. The van der Waals surface area contributed by atoms with Gasteiger partial charge in [0, 0.05) is 11.9 Å². The second-order valence-corrected chi connectivity index (χ2v) is 6.43. The first-order valence-corrected chi connectivity index (χ1v) is 8.87. The summed E-state index contributed by atoms with van der Waals surface area (Å²) in [6.45, 7) is 2.05. The molecule has 1 aromatic carbocycles. The van der Waals surface area contributed by atoms with E-state index in [2.05, 4.69) is 14.5 Å². The molecule has 0 saturated carbocycles. The summed E-state index contributed by atoms with van der Waals surface area (Å²) in [7, 11) is 0. The van der Waals surface area contributed by atoms with E-state index in [9.17, 15) is 4.79 Å². The molecule has 1 aliphatic rings. The number of morpholine rings is 1. The van der Waals surface area contributed by atoms with Crippen LogP contribution in [-0.4, -0.2) is 49.7 Å². The first kappa shape index (κ1) is 15.9. The molecule has 1 amide bonds. The van der Waals surface area contributed by atoms with E-state index in [1.54, 1.807) is 27.4 Å². The molecular formula is C17H17N5O2S. The molecule has 8 heteroatoms. The Hall–Kier alpha value is -2.58. The van der Waals surface area contributed by atoms with E-state index >= 15 is 0 Å². The molecule has 0 unspecified atom stereocenters. The number of aromatic nitrogens is 4. The van der Waals surface area contributed by atoms with Gasteiger partial charge in [-0.1, -0.05) is 30.3 Å². The molecule has 2 aromatic heterocycles. The second-order valence-electron chi connectivity index (χ2n) is 5.76. The fraction of sp³-hybridized carbons (Fsp3) is 0.294. The Balaban J connectivity index is 1.54. The zero-order valence-electron chi connectivity index (χ0n) is 13.5. The minimum absolute atomic E-state index is 0.103. The van der Waals surface area contributed by atoms with Crippen LogP contribution in [0, 0.1) is 0 Å². The number of benzene rings is 1. The Morgan fingerprint density at radius 3 is 2.96 bits per heavy atom. The Morgan fingerprint density at radius 1 is 1.28 bits per heavy atom. The zero-order valence-corrected chi connectivity index (χ0v) is 14.3. The van der Waals surface area contributed by atoms with E-state index in [1.807, 2.05) is 30.3 Å². The maximum absolute atomic E-state index is 12.7. The van der Waals surface area contributed by atoms with Crippen LogP contribution in [0.3, 0.4) is 0 Å². The number of ether oxygens (including phenoxy) is 1. The highest BCUT2D eigenvalue weighted by Gasteiger charge is 2.32.